The van der Waals surface area contributed by atoms with Crippen LogP contribution in [0, 0.1) is 13.8 Å². The molecule has 3 N–H and O–H groups in total. The van der Waals surface area contributed by atoms with E-state index in [0.29, 0.717) is 23.7 Å². The summed E-state index contributed by atoms with van der Waals surface area (Å²) in [5, 5.41) is 3.92. The molecule has 0 bridgehead atoms. The van der Waals surface area contributed by atoms with Gasteiger partial charge in [-0.15, -0.1) is 0 Å². The molecular formula is C20H21N3O2. The van der Waals surface area contributed by atoms with Gasteiger partial charge in [0.05, 0.1) is 18.2 Å². The van der Waals surface area contributed by atoms with Crippen molar-refractivity contribution in [2.75, 3.05) is 12.4 Å². The van der Waals surface area contributed by atoms with Gasteiger partial charge in [0.2, 0.25) is 0 Å². The summed E-state index contributed by atoms with van der Waals surface area (Å²) in [6.45, 7) is 4.44. The number of nitrogens with one attached hydrogen (secondary N) is 1. The number of benzene rings is 2. The number of carbonyl (C=O) groups excluding carboxylic acids is 1. The summed E-state index contributed by atoms with van der Waals surface area (Å²) in [5.74, 6) is 0.730. The lowest BCUT2D eigenvalue weighted by atomic mass is 10.1. The molecule has 0 aliphatic rings. The van der Waals surface area contributed by atoms with Gasteiger partial charge < -0.3 is 15.8 Å². The average Bonchev–Trinajstić information content (AvgIpc) is 2.60. The van der Waals surface area contributed by atoms with Crippen LogP contribution in [-0.2, 0) is 6.54 Å². The Kier molecular flexibility index (Phi) is 4.67. The van der Waals surface area contributed by atoms with Gasteiger partial charge >= 0.3 is 0 Å². The molecule has 3 rings (SSSR count). The van der Waals surface area contributed by atoms with E-state index in [9.17, 15) is 4.79 Å². The average molecular weight is 335 g/mol. The van der Waals surface area contributed by atoms with E-state index in [1.807, 2.05) is 31.2 Å². The van der Waals surface area contributed by atoms with Gasteiger partial charge in [0.1, 0.15) is 11.6 Å². The van der Waals surface area contributed by atoms with Crippen molar-refractivity contribution >= 4 is 22.6 Å². The van der Waals surface area contributed by atoms with E-state index in [1.165, 1.54) is 7.11 Å². The van der Waals surface area contributed by atoms with Crippen molar-refractivity contribution in [2.45, 2.75) is 20.4 Å². The molecule has 0 atom stereocenters. The maximum atomic E-state index is 12.7. The molecule has 0 aliphatic carbocycles. The minimum Gasteiger partial charge on any atom is -0.496 e. The molecule has 0 unspecified atom stereocenters. The number of hydrogen-bond acceptors (Lipinski definition) is 4. The molecule has 5 heteroatoms. The van der Waals surface area contributed by atoms with Crippen LogP contribution < -0.4 is 15.8 Å². The topological polar surface area (TPSA) is 77.2 Å². The second kappa shape index (κ2) is 6.91. The third-order valence-electron chi connectivity index (χ3n) is 4.14. The number of anilines is 1. The number of nitrogens with two attached hydrogens (primary N) is 1. The van der Waals surface area contributed by atoms with Gasteiger partial charge in [0, 0.05) is 11.9 Å². The molecule has 5 nitrogen and oxygen atoms in total. The van der Waals surface area contributed by atoms with E-state index in [4.69, 9.17) is 10.5 Å². The second-order valence-corrected chi connectivity index (χ2v) is 6.04. The van der Waals surface area contributed by atoms with Crippen LogP contribution in [-0.4, -0.2) is 18.0 Å². The number of nitrogens with zero attached hydrogens (tertiary/aromatic N) is 1. The van der Waals surface area contributed by atoms with E-state index in [-0.39, 0.29) is 5.91 Å². The maximum absolute atomic E-state index is 12.7. The summed E-state index contributed by atoms with van der Waals surface area (Å²) in [4.78, 5) is 17.2. The first kappa shape index (κ1) is 16.9. The van der Waals surface area contributed by atoms with Gasteiger partial charge in [-0.05, 0) is 60.9 Å². The number of ether oxygens (including phenoxy) is 1. The first-order chi connectivity index (χ1) is 12.0. The lowest BCUT2D eigenvalue weighted by Gasteiger charge is -2.11. The van der Waals surface area contributed by atoms with Crippen molar-refractivity contribution in [3.8, 4) is 5.75 Å². The third-order valence-corrected chi connectivity index (χ3v) is 4.14. The fourth-order valence-electron chi connectivity index (χ4n) is 2.91. The highest BCUT2D eigenvalue weighted by atomic mass is 16.5. The van der Waals surface area contributed by atoms with Gasteiger partial charge in [-0.1, -0.05) is 12.1 Å². The zero-order valence-corrected chi connectivity index (χ0v) is 14.6. The summed E-state index contributed by atoms with van der Waals surface area (Å²) in [6, 6.07) is 13.2. The van der Waals surface area contributed by atoms with Crippen molar-refractivity contribution in [3.63, 3.8) is 0 Å². The van der Waals surface area contributed by atoms with E-state index >= 15 is 0 Å². The first-order valence-corrected chi connectivity index (χ1v) is 8.08. The summed E-state index contributed by atoms with van der Waals surface area (Å²) in [6.07, 6.45) is 0. The molecular weight excluding hydrogens is 314 g/mol. The predicted molar refractivity (Wildman–Crippen MR) is 100 cm³/mol. The Bertz CT molecular complexity index is 951. The zero-order valence-electron chi connectivity index (χ0n) is 14.6. The molecule has 3 aromatic rings. The number of hydrogen-bond donors (Lipinski definition) is 2. The van der Waals surface area contributed by atoms with Gasteiger partial charge in [-0.2, -0.15) is 0 Å². The summed E-state index contributed by atoms with van der Waals surface area (Å²) in [5.41, 5.74) is 10.1. The van der Waals surface area contributed by atoms with Gasteiger partial charge in [0.15, 0.2) is 0 Å². The predicted octanol–water partition coefficient (Wildman–Crippen LogP) is 3.57. The Morgan fingerprint density at radius 2 is 1.96 bits per heavy atom. The fraction of sp³-hybridized carbons (Fsp3) is 0.200. The third kappa shape index (κ3) is 3.46. The Labute approximate surface area is 146 Å². The Hall–Kier alpha value is -2.92. The van der Waals surface area contributed by atoms with Crippen molar-refractivity contribution in [3.05, 3.63) is 64.7 Å². The Balaban J connectivity index is 1.94. The smallest absolute Gasteiger partial charge is 0.260 e. The van der Waals surface area contributed by atoms with Gasteiger partial charge in [-0.25, -0.2) is 4.98 Å². The lowest BCUT2D eigenvalue weighted by Crippen LogP contribution is -2.15. The number of methoxy groups -OCH3 is 1. The standard InChI is InChI=1S/C20H21N3O2/c1-12-8-13(2)15-5-7-19(22-17(15)9-12)23-20(24)16-10-14(11-21)4-6-18(16)25-3/h4-10H,11,21H2,1-3H3,(H,22,23,24). The zero-order chi connectivity index (χ0) is 18.0. The van der Waals surface area contributed by atoms with E-state index in [2.05, 4.69) is 23.3 Å². The monoisotopic (exact) mass is 335 g/mol. The highest BCUT2D eigenvalue weighted by Gasteiger charge is 2.14. The van der Waals surface area contributed by atoms with Crippen LogP contribution in [0.2, 0.25) is 0 Å². The number of fused-ring (bicyclic) bond motifs is 1. The molecule has 1 aromatic heterocycles. The van der Waals surface area contributed by atoms with E-state index in [1.54, 1.807) is 12.1 Å². The van der Waals surface area contributed by atoms with Crippen LogP contribution in [0.4, 0.5) is 5.82 Å². The second-order valence-electron chi connectivity index (χ2n) is 6.04. The molecule has 25 heavy (non-hydrogen) atoms. The normalized spacial score (nSPS) is 10.7. The molecule has 1 heterocycles. The van der Waals surface area contributed by atoms with Gasteiger partial charge in [0.25, 0.3) is 5.91 Å². The van der Waals surface area contributed by atoms with Crippen molar-refractivity contribution in [1.29, 1.82) is 0 Å². The molecule has 0 aliphatic heterocycles. The largest absolute Gasteiger partial charge is 0.496 e. The number of rotatable bonds is 4. The highest BCUT2D eigenvalue weighted by Crippen LogP contribution is 2.23. The van der Waals surface area contributed by atoms with Crippen LogP contribution in [0.25, 0.3) is 10.9 Å². The summed E-state index contributed by atoms with van der Waals surface area (Å²) >= 11 is 0. The van der Waals surface area contributed by atoms with Gasteiger partial charge in [-0.3, -0.25) is 4.79 Å². The molecule has 128 valence electrons. The molecule has 0 spiro atoms. The van der Waals surface area contributed by atoms with Crippen LogP contribution >= 0.6 is 0 Å². The minimum absolute atomic E-state index is 0.275. The molecule has 2 aromatic carbocycles. The fourth-order valence-corrected chi connectivity index (χ4v) is 2.91. The maximum Gasteiger partial charge on any atom is 0.260 e. The quantitative estimate of drug-likeness (QED) is 0.764. The SMILES string of the molecule is COc1ccc(CN)cc1C(=O)Nc1ccc2c(C)cc(C)cc2n1. The lowest BCUT2D eigenvalue weighted by molar-refractivity contribution is 0.102. The number of amides is 1. The van der Waals surface area contributed by atoms with E-state index < -0.39 is 0 Å². The number of aryl methyl sites for hydroxylation is 2. The van der Waals surface area contributed by atoms with Crippen molar-refractivity contribution in [1.82, 2.24) is 4.98 Å². The van der Waals surface area contributed by atoms with Crippen LogP contribution in [0.5, 0.6) is 5.75 Å². The number of carbonyl (C=O) groups is 1. The summed E-state index contributed by atoms with van der Waals surface area (Å²) < 4.78 is 5.28. The van der Waals surface area contributed by atoms with Crippen LogP contribution in [0.3, 0.4) is 0 Å². The molecule has 1 amide bonds. The van der Waals surface area contributed by atoms with Crippen LogP contribution in [0.1, 0.15) is 27.0 Å². The molecule has 0 saturated heterocycles. The Morgan fingerprint density at radius 1 is 1.16 bits per heavy atom. The van der Waals surface area contributed by atoms with Crippen molar-refractivity contribution in [2.24, 2.45) is 5.73 Å². The minimum atomic E-state index is -0.275. The van der Waals surface area contributed by atoms with Crippen LogP contribution in [0.15, 0.2) is 42.5 Å². The summed E-state index contributed by atoms with van der Waals surface area (Å²) in [7, 11) is 1.54. The molecule has 0 saturated carbocycles. The first-order valence-electron chi connectivity index (χ1n) is 8.08. The molecule has 0 radical (unpaired) electrons. The number of pyridine rings is 1. The highest BCUT2D eigenvalue weighted by molar-refractivity contribution is 6.06. The molecule has 0 fully saturated rings. The van der Waals surface area contributed by atoms with E-state index in [0.717, 1.165) is 27.6 Å². The Morgan fingerprint density at radius 3 is 2.68 bits per heavy atom. The van der Waals surface area contributed by atoms with Crippen molar-refractivity contribution < 1.29 is 9.53 Å². The number of aromatic nitrogens is 1.